The first kappa shape index (κ1) is 27.4. The number of thioether (sulfide) groups is 1. The van der Waals surface area contributed by atoms with E-state index in [0.29, 0.717) is 19.4 Å². The van der Waals surface area contributed by atoms with Crippen molar-refractivity contribution in [1.29, 1.82) is 0 Å². The van der Waals surface area contributed by atoms with Crippen molar-refractivity contribution in [2.75, 3.05) is 12.9 Å². The van der Waals surface area contributed by atoms with Gasteiger partial charge in [-0.15, -0.1) is 11.8 Å². The zero-order chi connectivity index (χ0) is 25.0. The highest BCUT2D eigenvalue weighted by Crippen LogP contribution is 2.23. The molecule has 0 aliphatic heterocycles. The highest BCUT2D eigenvalue weighted by atomic mass is 35.5. The lowest BCUT2D eigenvalue weighted by Crippen LogP contribution is -2.51. The summed E-state index contributed by atoms with van der Waals surface area (Å²) >= 11 is 7.68. The molecule has 0 bridgehead atoms. The maximum absolute atomic E-state index is 13.4. The molecule has 7 heteroatoms. The lowest BCUT2D eigenvalue weighted by molar-refractivity contribution is -0.141. The van der Waals surface area contributed by atoms with Gasteiger partial charge in [-0.1, -0.05) is 49.9 Å². The lowest BCUT2D eigenvalue weighted by atomic mass is 9.95. The largest absolute Gasteiger partial charge is 0.497 e. The van der Waals surface area contributed by atoms with Crippen molar-refractivity contribution in [2.45, 2.75) is 81.8 Å². The first-order valence-electron chi connectivity index (χ1n) is 12.6. The average molecular weight is 517 g/mol. The average Bonchev–Trinajstić information content (AvgIpc) is 2.88. The number of hydrogen-bond acceptors (Lipinski definition) is 4. The Hall–Kier alpha value is -2.18. The monoisotopic (exact) mass is 516 g/mol. The molecular weight excluding hydrogens is 480 g/mol. The van der Waals surface area contributed by atoms with E-state index in [1.54, 1.807) is 23.8 Å². The Balaban J connectivity index is 1.66. The van der Waals surface area contributed by atoms with Crippen molar-refractivity contribution in [3.05, 3.63) is 59.1 Å². The molecule has 1 N–H and O–H groups in total. The summed E-state index contributed by atoms with van der Waals surface area (Å²) in [4.78, 5) is 29.6. The number of methoxy groups -OCH3 is 1. The predicted octanol–water partition coefficient (Wildman–Crippen LogP) is 6.48. The van der Waals surface area contributed by atoms with Gasteiger partial charge in [0.25, 0.3) is 0 Å². The normalized spacial score (nSPS) is 14.8. The first-order valence-corrected chi connectivity index (χ1v) is 14.0. The molecule has 0 radical (unpaired) electrons. The number of nitrogens with one attached hydrogen (secondary N) is 1. The van der Waals surface area contributed by atoms with Gasteiger partial charge in [0.2, 0.25) is 11.8 Å². The van der Waals surface area contributed by atoms with Gasteiger partial charge in [0, 0.05) is 28.9 Å². The molecule has 1 fully saturated rings. The molecule has 190 valence electrons. The predicted molar refractivity (Wildman–Crippen MR) is 144 cm³/mol. The molecular formula is C28H37ClN2O3S. The van der Waals surface area contributed by atoms with Crippen LogP contribution in [0.3, 0.4) is 0 Å². The van der Waals surface area contributed by atoms with E-state index in [0.717, 1.165) is 59.1 Å². The molecule has 2 aromatic rings. The van der Waals surface area contributed by atoms with Crippen molar-refractivity contribution >= 4 is 35.2 Å². The number of rotatable bonds is 12. The maximum atomic E-state index is 13.4. The molecule has 2 amide bonds. The van der Waals surface area contributed by atoms with Gasteiger partial charge in [0.15, 0.2) is 0 Å². The van der Waals surface area contributed by atoms with Crippen LogP contribution in [-0.4, -0.2) is 41.7 Å². The standard InChI is InChI=1S/C28H37ClN2O3S/c1-3-26(28(33)30-23-10-5-4-6-11-23)31(20-21-9-7-12-24(19-21)34-2)27(32)13-8-18-35-25-16-14-22(29)15-17-25/h7,9,12,14-17,19,23,26H,3-6,8,10-11,13,18,20H2,1-2H3,(H,30,33)/t26-/m1/s1. The molecule has 1 aliphatic rings. The second-order valence-corrected chi connectivity index (χ2v) is 10.7. The number of carbonyl (C=O) groups excluding carboxylic acids is 2. The lowest BCUT2D eigenvalue weighted by Gasteiger charge is -2.33. The summed E-state index contributed by atoms with van der Waals surface area (Å²) < 4.78 is 5.37. The van der Waals surface area contributed by atoms with Crippen LogP contribution in [0.5, 0.6) is 5.75 Å². The number of nitrogens with zero attached hydrogens (tertiary/aromatic N) is 1. The van der Waals surface area contributed by atoms with Crippen LogP contribution in [-0.2, 0) is 16.1 Å². The van der Waals surface area contributed by atoms with E-state index in [-0.39, 0.29) is 17.9 Å². The van der Waals surface area contributed by atoms with Crippen molar-refractivity contribution < 1.29 is 14.3 Å². The van der Waals surface area contributed by atoms with Crippen molar-refractivity contribution in [3.63, 3.8) is 0 Å². The van der Waals surface area contributed by atoms with Gasteiger partial charge in [0.1, 0.15) is 11.8 Å². The summed E-state index contributed by atoms with van der Waals surface area (Å²) in [6.45, 7) is 2.37. The second kappa shape index (κ2) is 14.4. The van der Waals surface area contributed by atoms with Gasteiger partial charge in [-0.2, -0.15) is 0 Å². The Kier molecular flexibility index (Phi) is 11.3. The minimum atomic E-state index is -0.487. The molecule has 5 nitrogen and oxygen atoms in total. The van der Waals surface area contributed by atoms with E-state index in [1.165, 1.54) is 6.42 Å². The summed E-state index contributed by atoms with van der Waals surface area (Å²) in [7, 11) is 1.63. The molecule has 2 aromatic carbocycles. The third-order valence-electron chi connectivity index (χ3n) is 6.44. The van der Waals surface area contributed by atoms with Crippen molar-refractivity contribution in [3.8, 4) is 5.75 Å². The van der Waals surface area contributed by atoms with E-state index in [1.807, 2.05) is 55.5 Å². The van der Waals surface area contributed by atoms with Crippen molar-refractivity contribution in [2.24, 2.45) is 0 Å². The fraction of sp³-hybridized carbons (Fsp3) is 0.500. The zero-order valence-electron chi connectivity index (χ0n) is 20.8. The number of ether oxygens (including phenoxy) is 1. The van der Waals surface area contributed by atoms with E-state index < -0.39 is 6.04 Å². The Labute approximate surface area is 218 Å². The summed E-state index contributed by atoms with van der Waals surface area (Å²) in [5.74, 6) is 1.54. The maximum Gasteiger partial charge on any atom is 0.243 e. The molecule has 0 aromatic heterocycles. The Morgan fingerprint density at radius 3 is 2.57 bits per heavy atom. The third kappa shape index (κ3) is 8.76. The number of carbonyl (C=O) groups is 2. The van der Waals surface area contributed by atoms with Crippen LogP contribution in [0.1, 0.15) is 63.9 Å². The molecule has 1 atom stereocenters. The van der Waals surface area contributed by atoms with Crippen LogP contribution in [0, 0.1) is 0 Å². The number of amides is 2. The molecule has 3 rings (SSSR count). The van der Waals surface area contributed by atoms with Gasteiger partial charge in [-0.25, -0.2) is 0 Å². The minimum Gasteiger partial charge on any atom is -0.497 e. The van der Waals surface area contributed by atoms with E-state index in [4.69, 9.17) is 16.3 Å². The van der Waals surface area contributed by atoms with Crippen LogP contribution in [0.4, 0.5) is 0 Å². The highest BCUT2D eigenvalue weighted by molar-refractivity contribution is 7.99. The van der Waals surface area contributed by atoms with Gasteiger partial charge in [0.05, 0.1) is 7.11 Å². The fourth-order valence-corrected chi connectivity index (χ4v) is 5.50. The van der Waals surface area contributed by atoms with Gasteiger partial charge < -0.3 is 15.0 Å². The molecule has 0 spiro atoms. The first-order chi connectivity index (χ1) is 17.0. The number of benzene rings is 2. The minimum absolute atomic E-state index is 0.00942. The summed E-state index contributed by atoms with van der Waals surface area (Å²) in [6.07, 6.45) is 7.30. The van der Waals surface area contributed by atoms with Crippen LogP contribution in [0.25, 0.3) is 0 Å². The van der Waals surface area contributed by atoms with Crippen LogP contribution >= 0.6 is 23.4 Å². The van der Waals surface area contributed by atoms with E-state index in [2.05, 4.69) is 5.32 Å². The van der Waals surface area contributed by atoms with Gasteiger partial charge >= 0.3 is 0 Å². The second-order valence-electron chi connectivity index (χ2n) is 9.05. The SMILES string of the molecule is CC[C@H](C(=O)NC1CCCCC1)N(Cc1cccc(OC)c1)C(=O)CCCSc1ccc(Cl)cc1. The molecule has 1 aliphatic carbocycles. The summed E-state index contributed by atoms with van der Waals surface area (Å²) in [5, 5.41) is 3.95. The highest BCUT2D eigenvalue weighted by Gasteiger charge is 2.30. The Morgan fingerprint density at radius 2 is 1.89 bits per heavy atom. The third-order valence-corrected chi connectivity index (χ3v) is 7.79. The smallest absolute Gasteiger partial charge is 0.243 e. The van der Waals surface area contributed by atoms with E-state index in [9.17, 15) is 9.59 Å². The molecule has 1 saturated carbocycles. The fourth-order valence-electron chi connectivity index (χ4n) is 4.52. The van der Waals surface area contributed by atoms with Gasteiger partial charge in [-0.05, 0) is 73.4 Å². The Bertz CT molecular complexity index is 947. The molecule has 0 unspecified atom stereocenters. The molecule has 0 heterocycles. The quantitative estimate of drug-likeness (QED) is 0.259. The summed E-state index contributed by atoms with van der Waals surface area (Å²) in [6, 6.07) is 15.2. The Morgan fingerprint density at radius 1 is 1.14 bits per heavy atom. The van der Waals surface area contributed by atoms with Crippen LogP contribution < -0.4 is 10.1 Å². The van der Waals surface area contributed by atoms with Crippen LogP contribution in [0.2, 0.25) is 5.02 Å². The zero-order valence-corrected chi connectivity index (χ0v) is 22.4. The molecule has 0 saturated heterocycles. The number of halogens is 1. The van der Waals surface area contributed by atoms with Crippen molar-refractivity contribution in [1.82, 2.24) is 10.2 Å². The van der Waals surface area contributed by atoms with Gasteiger partial charge in [-0.3, -0.25) is 9.59 Å². The summed E-state index contributed by atoms with van der Waals surface area (Å²) in [5.41, 5.74) is 0.956. The number of hydrogen-bond donors (Lipinski definition) is 1. The van der Waals surface area contributed by atoms with Crippen LogP contribution in [0.15, 0.2) is 53.4 Å². The van der Waals surface area contributed by atoms with E-state index >= 15 is 0 Å². The molecule has 35 heavy (non-hydrogen) atoms. The topological polar surface area (TPSA) is 58.6 Å².